The third kappa shape index (κ3) is 3.63. The van der Waals surface area contributed by atoms with Gasteiger partial charge in [0.15, 0.2) is 0 Å². The Morgan fingerprint density at radius 2 is 2.12 bits per heavy atom. The number of nitrogens with zero attached hydrogens (tertiary/aromatic N) is 3. The Labute approximate surface area is 93.9 Å². The molecule has 0 bridgehead atoms. The zero-order valence-electron chi connectivity index (χ0n) is 9.24. The van der Waals surface area contributed by atoms with Crippen molar-refractivity contribution >= 4 is 11.9 Å². The van der Waals surface area contributed by atoms with Gasteiger partial charge in [-0.1, -0.05) is 5.92 Å². The number of carbonyl (C=O) groups excluding carboxylic acids is 1. The van der Waals surface area contributed by atoms with E-state index < -0.39 is 0 Å². The summed E-state index contributed by atoms with van der Waals surface area (Å²) in [6.45, 7) is 4.08. The molecule has 0 unspecified atom stereocenters. The number of carbonyl (C=O) groups is 1. The highest BCUT2D eigenvalue weighted by Gasteiger charge is 2.05. The summed E-state index contributed by atoms with van der Waals surface area (Å²) in [5, 5.41) is 12.9. The number of terminal acetylenes is 1. The SMILES string of the molecule is C#CCNCC(=O)Nc1nnc(C)c(C)n1. The first-order valence-corrected chi connectivity index (χ1v) is 4.75. The Bertz CT molecular complexity index is 424. The fraction of sp³-hybridized carbons (Fsp3) is 0.400. The standard InChI is InChI=1S/C10H13N5O/c1-4-5-11-6-9(16)13-10-12-7(2)8(3)14-15-10/h1,11H,5-6H2,2-3H3,(H,12,13,15,16). The monoisotopic (exact) mass is 219 g/mol. The second kappa shape index (κ2) is 5.78. The first-order valence-electron chi connectivity index (χ1n) is 4.75. The number of amides is 1. The van der Waals surface area contributed by atoms with Crippen molar-refractivity contribution in [3.05, 3.63) is 11.4 Å². The van der Waals surface area contributed by atoms with Crippen molar-refractivity contribution in [1.82, 2.24) is 20.5 Å². The van der Waals surface area contributed by atoms with E-state index in [1.807, 2.05) is 0 Å². The first kappa shape index (κ1) is 12.1. The molecule has 0 saturated carbocycles. The van der Waals surface area contributed by atoms with Gasteiger partial charge in [0, 0.05) is 0 Å². The van der Waals surface area contributed by atoms with Crippen LogP contribution in [0.2, 0.25) is 0 Å². The van der Waals surface area contributed by atoms with Crippen LogP contribution in [-0.4, -0.2) is 34.2 Å². The summed E-state index contributed by atoms with van der Waals surface area (Å²) in [5.74, 6) is 2.32. The number of aromatic nitrogens is 3. The van der Waals surface area contributed by atoms with Crippen LogP contribution >= 0.6 is 0 Å². The lowest BCUT2D eigenvalue weighted by molar-refractivity contribution is -0.115. The molecule has 0 spiro atoms. The molecule has 1 aromatic heterocycles. The largest absolute Gasteiger partial charge is 0.298 e. The molecule has 0 aromatic carbocycles. The molecular weight excluding hydrogens is 206 g/mol. The van der Waals surface area contributed by atoms with Crippen molar-refractivity contribution in [3.63, 3.8) is 0 Å². The van der Waals surface area contributed by atoms with E-state index in [1.165, 1.54) is 0 Å². The van der Waals surface area contributed by atoms with E-state index in [2.05, 4.69) is 31.7 Å². The molecule has 1 aromatic rings. The molecule has 16 heavy (non-hydrogen) atoms. The summed E-state index contributed by atoms with van der Waals surface area (Å²) in [5.41, 5.74) is 1.48. The molecule has 0 radical (unpaired) electrons. The Morgan fingerprint density at radius 1 is 1.38 bits per heavy atom. The Balaban J connectivity index is 2.50. The van der Waals surface area contributed by atoms with Crippen molar-refractivity contribution in [1.29, 1.82) is 0 Å². The molecule has 0 aliphatic rings. The average Bonchev–Trinajstić information content (AvgIpc) is 2.24. The molecule has 0 fully saturated rings. The Kier molecular flexibility index (Phi) is 4.36. The van der Waals surface area contributed by atoms with Gasteiger partial charge in [-0.2, -0.15) is 5.10 Å². The van der Waals surface area contributed by atoms with E-state index in [0.29, 0.717) is 6.54 Å². The molecule has 2 N–H and O–H groups in total. The van der Waals surface area contributed by atoms with Crippen LogP contribution in [0.3, 0.4) is 0 Å². The van der Waals surface area contributed by atoms with Crippen LogP contribution in [0.15, 0.2) is 0 Å². The van der Waals surface area contributed by atoms with Gasteiger partial charge in [-0.05, 0) is 13.8 Å². The van der Waals surface area contributed by atoms with Crippen molar-refractivity contribution in [2.75, 3.05) is 18.4 Å². The van der Waals surface area contributed by atoms with E-state index in [-0.39, 0.29) is 18.4 Å². The number of rotatable bonds is 4. The van der Waals surface area contributed by atoms with Crippen LogP contribution in [0.25, 0.3) is 0 Å². The van der Waals surface area contributed by atoms with E-state index in [4.69, 9.17) is 6.42 Å². The highest BCUT2D eigenvalue weighted by atomic mass is 16.2. The van der Waals surface area contributed by atoms with Crippen LogP contribution < -0.4 is 10.6 Å². The summed E-state index contributed by atoms with van der Waals surface area (Å²) < 4.78 is 0. The highest BCUT2D eigenvalue weighted by Crippen LogP contribution is 2.01. The minimum atomic E-state index is -0.250. The number of aryl methyl sites for hydroxylation is 2. The number of hydrogen-bond donors (Lipinski definition) is 2. The number of nitrogens with one attached hydrogen (secondary N) is 2. The number of hydrogen-bond acceptors (Lipinski definition) is 5. The molecule has 6 heteroatoms. The Morgan fingerprint density at radius 3 is 2.75 bits per heavy atom. The van der Waals surface area contributed by atoms with Gasteiger partial charge in [-0.15, -0.1) is 11.5 Å². The van der Waals surface area contributed by atoms with Crippen molar-refractivity contribution < 1.29 is 4.79 Å². The minimum absolute atomic E-state index is 0.125. The topological polar surface area (TPSA) is 79.8 Å². The smallest absolute Gasteiger partial charge is 0.249 e. The third-order valence-electron chi connectivity index (χ3n) is 1.86. The van der Waals surface area contributed by atoms with E-state index in [1.54, 1.807) is 13.8 Å². The minimum Gasteiger partial charge on any atom is -0.298 e. The maximum Gasteiger partial charge on any atom is 0.249 e. The molecular formula is C10H13N5O. The van der Waals surface area contributed by atoms with Gasteiger partial charge >= 0.3 is 0 Å². The molecule has 0 atom stereocenters. The molecule has 1 amide bonds. The van der Waals surface area contributed by atoms with Crippen molar-refractivity contribution in [3.8, 4) is 12.3 Å². The first-order chi connectivity index (χ1) is 7.63. The normalized spacial score (nSPS) is 9.56. The van der Waals surface area contributed by atoms with E-state index >= 15 is 0 Å². The lowest BCUT2D eigenvalue weighted by atomic mass is 10.4. The van der Waals surface area contributed by atoms with Gasteiger partial charge in [0.2, 0.25) is 11.9 Å². The van der Waals surface area contributed by atoms with Crippen molar-refractivity contribution in [2.24, 2.45) is 0 Å². The van der Waals surface area contributed by atoms with Crippen LogP contribution in [0, 0.1) is 26.2 Å². The summed E-state index contributed by atoms with van der Waals surface area (Å²) in [6.07, 6.45) is 5.02. The molecule has 6 nitrogen and oxygen atoms in total. The molecule has 1 rings (SSSR count). The summed E-state index contributed by atoms with van der Waals surface area (Å²) >= 11 is 0. The van der Waals surface area contributed by atoms with Gasteiger partial charge in [0.25, 0.3) is 0 Å². The van der Waals surface area contributed by atoms with Gasteiger partial charge < -0.3 is 0 Å². The summed E-state index contributed by atoms with van der Waals surface area (Å²) in [4.78, 5) is 15.4. The van der Waals surface area contributed by atoms with Crippen LogP contribution in [0.1, 0.15) is 11.4 Å². The molecule has 84 valence electrons. The zero-order chi connectivity index (χ0) is 12.0. The second-order valence-electron chi connectivity index (χ2n) is 3.16. The second-order valence-corrected chi connectivity index (χ2v) is 3.16. The fourth-order valence-corrected chi connectivity index (χ4v) is 0.927. The van der Waals surface area contributed by atoms with Crippen LogP contribution in [-0.2, 0) is 4.79 Å². The summed E-state index contributed by atoms with van der Waals surface area (Å²) in [7, 11) is 0. The van der Waals surface area contributed by atoms with Crippen LogP contribution in [0.5, 0.6) is 0 Å². The zero-order valence-corrected chi connectivity index (χ0v) is 9.24. The Hall–Kier alpha value is -2.00. The van der Waals surface area contributed by atoms with Gasteiger partial charge in [0.05, 0.1) is 24.5 Å². The molecule has 0 aliphatic carbocycles. The maximum absolute atomic E-state index is 11.3. The fourth-order valence-electron chi connectivity index (χ4n) is 0.927. The predicted octanol–water partition coefficient (Wildman–Crippen LogP) is -0.350. The highest BCUT2D eigenvalue weighted by molar-refractivity contribution is 5.90. The summed E-state index contributed by atoms with van der Waals surface area (Å²) in [6, 6.07) is 0. The molecule has 0 aliphatic heterocycles. The van der Waals surface area contributed by atoms with E-state index in [0.717, 1.165) is 11.4 Å². The van der Waals surface area contributed by atoms with Gasteiger partial charge in [0.1, 0.15) is 0 Å². The molecule has 1 heterocycles. The lowest BCUT2D eigenvalue weighted by Crippen LogP contribution is -2.29. The average molecular weight is 219 g/mol. The van der Waals surface area contributed by atoms with Gasteiger partial charge in [-0.3, -0.25) is 15.4 Å². The van der Waals surface area contributed by atoms with Gasteiger partial charge in [-0.25, -0.2) is 4.98 Å². The van der Waals surface area contributed by atoms with Crippen molar-refractivity contribution in [2.45, 2.75) is 13.8 Å². The quantitative estimate of drug-likeness (QED) is 0.534. The predicted molar refractivity (Wildman–Crippen MR) is 59.6 cm³/mol. The maximum atomic E-state index is 11.3. The lowest BCUT2D eigenvalue weighted by Gasteiger charge is -2.04. The van der Waals surface area contributed by atoms with E-state index in [9.17, 15) is 4.79 Å². The van der Waals surface area contributed by atoms with Crippen LogP contribution in [0.4, 0.5) is 5.95 Å². The third-order valence-corrected chi connectivity index (χ3v) is 1.86. The number of anilines is 1. The molecule has 0 saturated heterocycles.